The Morgan fingerprint density at radius 1 is 0.744 bits per heavy atom. The fourth-order valence-electron chi connectivity index (χ4n) is 2.82. The second-order valence-electron chi connectivity index (χ2n) is 9.24. The molecule has 0 unspecified atom stereocenters. The van der Waals surface area contributed by atoms with Gasteiger partial charge in [0.1, 0.15) is 18.2 Å². The predicted octanol–water partition coefficient (Wildman–Crippen LogP) is 4.93. The van der Waals surface area contributed by atoms with Crippen molar-refractivity contribution >= 4 is 24.4 Å². The average Bonchev–Trinajstić information content (AvgIpc) is 2.87. The third-order valence-corrected chi connectivity index (χ3v) is 5.16. The molecular weight excluding hydrogens is 514 g/mol. The highest BCUT2D eigenvalue weighted by Gasteiger charge is 2.25. The third kappa shape index (κ3) is 13.7. The number of hydrogen-bond acceptors (Lipinski definition) is 12. The Morgan fingerprint density at radius 2 is 1.28 bits per heavy atom. The maximum atomic E-state index is 12.6. The van der Waals surface area contributed by atoms with Crippen molar-refractivity contribution in [1.82, 2.24) is 0 Å². The van der Waals surface area contributed by atoms with Crippen LogP contribution in [0.5, 0.6) is 11.5 Å². The van der Waals surface area contributed by atoms with Gasteiger partial charge < -0.3 is 38.9 Å². The first-order valence-corrected chi connectivity index (χ1v) is 13.1. The molecule has 39 heavy (non-hydrogen) atoms. The molecule has 0 radical (unpaired) electrons. The van der Waals surface area contributed by atoms with Crippen molar-refractivity contribution in [1.29, 1.82) is 0 Å². The summed E-state index contributed by atoms with van der Waals surface area (Å²) in [5.41, 5.74) is 6.52. The minimum absolute atomic E-state index is 0.00103. The minimum atomic E-state index is -1.10. The van der Waals surface area contributed by atoms with E-state index < -0.39 is 42.7 Å². The van der Waals surface area contributed by atoms with E-state index in [4.69, 9.17) is 38.9 Å². The summed E-state index contributed by atoms with van der Waals surface area (Å²) < 4.78 is 35.7. The van der Waals surface area contributed by atoms with E-state index >= 15 is 0 Å². The lowest BCUT2D eigenvalue weighted by molar-refractivity contribution is -0.155. The first kappa shape index (κ1) is 33.5. The van der Waals surface area contributed by atoms with Crippen LogP contribution in [0.1, 0.15) is 66.4 Å². The van der Waals surface area contributed by atoms with Crippen LogP contribution in [0.15, 0.2) is 18.2 Å². The van der Waals surface area contributed by atoms with Crippen molar-refractivity contribution in [2.24, 2.45) is 11.7 Å². The standard InChI is InChI=1S/C27H41NO11/c1-7-12-33-26(31)38-22-10-9-20(16-23(22)39-27(32)34-13-8-2)15-21(28)24(29)36-18(5)19(6)37-25(30)35-14-11-17(3)4/h9-10,16-19,21H,7-8,11-15,28H2,1-6H3/t18-,19-,21-/m0/s1. The molecule has 1 rings (SSSR count). The normalized spacial score (nSPS) is 13.0. The van der Waals surface area contributed by atoms with Crippen LogP contribution in [0.3, 0.4) is 0 Å². The Bertz CT molecular complexity index is 934. The summed E-state index contributed by atoms with van der Waals surface area (Å²) in [4.78, 5) is 48.3. The maximum absolute atomic E-state index is 12.6. The molecule has 220 valence electrons. The summed E-state index contributed by atoms with van der Waals surface area (Å²) in [6.45, 7) is 11.3. The predicted molar refractivity (Wildman–Crippen MR) is 140 cm³/mol. The van der Waals surface area contributed by atoms with Gasteiger partial charge in [-0.05, 0) is 63.1 Å². The van der Waals surface area contributed by atoms with E-state index in [-0.39, 0.29) is 37.7 Å². The molecule has 0 heterocycles. The van der Waals surface area contributed by atoms with Gasteiger partial charge in [0.25, 0.3) is 0 Å². The van der Waals surface area contributed by atoms with Gasteiger partial charge in [0, 0.05) is 0 Å². The van der Waals surface area contributed by atoms with Crippen LogP contribution in [0.2, 0.25) is 0 Å². The third-order valence-electron chi connectivity index (χ3n) is 5.16. The highest BCUT2D eigenvalue weighted by atomic mass is 16.7. The van der Waals surface area contributed by atoms with Gasteiger partial charge in [-0.15, -0.1) is 0 Å². The molecule has 12 heteroatoms. The Labute approximate surface area is 229 Å². The van der Waals surface area contributed by atoms with E-state index in [9.17, 15) is 19.2 Å². The molecule has 0 saturated carbocycles. The summed E-state index contributed by atoms with van der Waals surface area (Å²) in [7, 11) is 0. The van der Waals surface area contributed by atoms with Gasteiger partial charge in [-0.3, -0.25) is 4.79 Å². The fourth-order valence-corrected chi connectivity index (χ4v) is 2.82. The molecule has 3 atom stereocenters. The first-order chi connectivity index (χ1) is 18.5. The number of ether oxygens (including phenoxy) is 7. The second kappa shape index (κ2) is 17.9. The van der Waals surface area contributed by atoms with Crippen LogP contribution >= 0.6 is 0 Å². The second-order valence-corrected chi connectivity index (χ2v) is 9.24. The summed E-state index contributed by atoms with van der Waals surface area (Å²) in [6, 6.07) is 3.22. The first-order valence-electron chi connectivity index (χ1n) is 13.1. The van der Waals surface area contributed by atoms with E-state index in [0.717, 1.165) is 0 Å². The number of hydrogen-bond donors (Lipinski definition) is 1. The zero-order valence-electron chi connectivity index (χ0n) is 23.6. The molecular formula is C27H41NO11. The Hall–Kier alpha value is -3.54. The van der Waals surface area contributed by atoms with Gasteiger partial charge in [0.15, 0.2) is 11.5 Å². The molecule has 2 N–H and O–H groups in total. The highest BCUT2D eigenvalue weighted by Crippen LogP contribution is 2.30. The quantitative estimate of drug-likeness (QED) is 0.177. The number of nitrogens with two attached hydrogens (primary N) is 1. The molecule has 0 aromatic heterocycles. The molecule has 12 nitrogen and oxygen atoms in total. The summed E-state index contributed by atoms with van der Waals surface area (Å²) in [5, 5.41) is 0. The zero-order valence-corrected chi connectivity index (χ0v) is 23.6. The van der Waals surface area contributed by atoms with Gasteiger partial charge in [-0.2, -0.15) is 0 Å². The van der Waals surface area contributed by atoms with Crippen molar-refractivity contribution in [2.45, 2.75) is 85.5 Å². The van der Waals surface area contributed by atoms with Crippen LogP contribution < -0.4 is 15.2 Å². The van der Waals surface area contributed by atoms with Gasteiger partial charge in [0.05, 0.1) is 19.8 Å². The summed E-state index contributed by atoms with van der Waals surface area (Å²) in [6.07, 6.45) is -2.49. The van der Waals surface area contributed by atoms with Crippen molar-refractivity contribution in [3.05, 3.63) is 23.8 Å². The van der Waals surface area contributed by atoms with Gasteiger partial charge >= 0.3 is 24.4 Å². The van der Waals surface area contributed by atoms with E-state index in [2.05, 4.69) is 0 Å². The number of esters is 1. The Morgan fingerprint density at radius 3 is 1.85 bits per heavy atom. The highest BCUT2D eigenvalue weighted by molar-refractivity contribution is 5.76. The molecule has 1 aromatic rings. The molecule has 0 amide bonds. The zero-order chi connectivity index (χ0) is 29.4. The molecule has 0 spiro atoms. The monoisotopic (exact) mass is 555 g/mol. The molecule has 0 bridgehead atoms. The lowest BCUT2D eigenvalue weighted by atomic mass is 10.1. The summed E-state index contributed by atoms with van der Waals surface area (Å²) in [5.74, 6) is -0.558. The molecule has 1 aromatic carbocycles. The van der Waals surface area contributed by atoms with Crippen LogP contribution in [0.25, 0.3) is 0 Å². The number of carbonyl (C=O) groups is 4. The maximum Gasteiger partial charge on any atom is 0.513 e. The van der Waals surface area contributed by atoms with Gasteiger partial charge in [0.2, 0.25) is 0 Å². The summed E-state index contributed by atoms with van der Waals surface area (Å²) >= 11 is 0. The number of carbonyl (C=O) groups excluding carboxylic acids is 4. The van der Waals surface area contributed by atoms with E-state index in [1.54, 1.807) is 19.9 Å². The van der Waals surface area contributed by atoms with Crippen molar-refractivity contribution in [3.63, 3.8) is 0 Å². The largest absolute Gasteiger partial charge is 0.513 e. The lowest BCUT2D eigenvalue weighted by Crippen LogP contribution is -2.39. The molecule has 0 saturated heterocycles. The fraction of sp³-hybridized carbons (Fsp3) is 0.630. The Balaban J connectivity index is 2.80. The lowest BCUT2D eigenvalue weighted by Gasteiger charge is -2.22. The van der Waals surface area contributed by atoms with Crippen LogP contribution in [0, 0.1) is 5.92 Å². The van der Waals surface area contributed by atoms with Crippen molar-refractivity contribution < 1.29 is 52.3 Å². The van der Waals surface area contributed by atoms with Crippen LogP contribution in [-0.4, -0.2) is 62.5 Å². The Kier molecular flexibility index (Phi) is 15.3. The topological polar surface area (TPSA) is 159 Å². The number of benzene rings is 1. The SMILES string of the molecule is CCCOC(=O)Oc1ccc(C[C@H](N)C(=O)O[C@@H](C)[C@H](C)OC(=O)OCCC(C)C)cc1OC(=O)OCCC. The van der Waals surface area contributed by atoms with E-state index in [1.165, 1.54) is 12.1 Å². The van der Waals surface area contributed by atoms with E-state index in [1.807, 2.05) is 27.7 Å². The molecule has 0 aliphatic heterocycles. The average molecular weight is 556 g/mol. The molecule has 0 fully saturated rings. The molecule has 0 aliphatic rings. The minimum Gasteiger partial charge on any atom is -0.458 e. The van der Waals surface area contributed by atoms with Crippen molar-refractivity contribution in [2.75, 3.05) is 19.8 Å². The number of rotatable bonds is 15. The van der Waals surface area contributed by atoms with Crippen molar-refractivity contribution in [3.8, 4) is 11.5 Å². The molecule has 0 aliphatic carbocycles. The smallest absolute Gasteiger partial charge is 0.458 e. The van der Waals surface area contributed by atoms with Gasteiger partial charge in [-0.1, -0.05) is 33.8 Å². The van der Waals surface area contributed by atoms with Crippen LogP contribution in [-0.2, 0) is 34.9 Å². The van der Waals surface area contributed by atoms with Gasteiger partial charge in [-0.25, -0.2) is 14.4 Å². The van der Waals surface area contributed by atoms with E-state index in [0.29, 0.717) is 30.7 Å². The van der Waals surface area contributed by atoms with Crippen LogP contribution in [0.4, 0.5) is 14.4 Å².